The summed E-state index contributed by atoms with van der Waals surface area (Å²) in [6, 6.07) is 0.392. The lowest BCUT2D eigenvalue weighted by atomic mass is 10.00. The predicted octanol–water partition coefficient (Wildman–Crippen LogP) is 0.773. The summed E-state index contributed by atoms with van der Waals surface area (Å²) < 4.78 is 0. The van der Waals surface area contributed by atoms with Gasteiger partial charge in [-0.25, -0.2) is 9.97 Å². The Kier molecular flexibility index (Phi) is 7.66. The molecule has 1 aliphatic rings. The topological polar surface area (TPSA) is 92.9 Å². The van der Waals surface area contributed by atoms with Crippen LogP contribution in [-0.4, -0.2) is 34.5 Å². The van der Waals surface area contributed by atoms with E-state index in [-0.39, 0.29) is 54.3 Å². The molecule has 1 fully saturated rings. The van der Waals surface area contributed by atoms with Gasteiger partial charge in [-0.15, -0.1) is 24.8 Å². The third kappa shape index (κ3) is 4.49. The maximum Gasteiger partial charge on any atom is 0.273 e. The lowest BCUT2D eigenvalue weighted by molar-refractivity contribution is 0.0915. The number of halogens is 2. The maximum absolute atomic E-state index is 12.0. The maximum atomic E-state index is 12.0. The van der Waals surface area contributed by atoms with E-state index in [2.05, 4.69) is 27.5 Å². The van der Waals surface area contributed by atoms with Gasteiger partial charge in [0.25, 0.3) is 5.91 Å². The first kappa shape index (κ1) is 17.9. The Morgan fingerprint density at radius 2 is 2.11 bits per heavy atom. The fraction of sp³-hybridized carbons (Fsp3) is 0.545. The third-order valence-electron chi connectivity index (χ3n) is 3.02. The number of carbonyl (C=O) groups is 1. The highest BCUT2D eigenvalue weighted by Crippen LogP contribution is 2.10. The van der Waals surface area contributed by atoms with Crippen LogP contribution in [0.1, 0.15) is 30.3 Å². The van der Waals surface area contributed by atoms with Crippen LogP contribution >= 0.6 is 24.8 Å². The lowest BCUT2D eigenvalue weighted by Gasteiger charge is -2.30. The van der Waals surface area contributed by atoms with E-state index in [0.717, 1.165) is 19.4 Å². The van der Waals surface area contributed by atoms with Crippen molar-refractivity contribution in [2.24, 2.45) is 0 Å². The van der Waals surface area contributed by atoms with Crippen molar-refractivity contribution >= 4 is 36.5 Å². The second kappa shape index (κ2) is 8.14. The summed E-state index contributed by atoms with van der Waals surface area (Å²) in [4.78, 5) is 19.8. The molecule has 0 saturated carbocycles. The monoisotopic (exact) mass is 307 g/mol. The average molecular weight is 308 g/mol. The van der Waals surface area contributed by atoms with E-state index in [1.807, 2.05) is 0 Å². The molecular weight excluding hydrogens is 289 g/mol. The van der Waals surface area contributed by atoms with E-state index >= 15 is 0 Å². The van der Waals surface area contributed by atoms with Gasteiger partial charge in [-0.1, -0.05) is 0 Å². The zero-order valence-electron chi connectivity index (χ0n) is 10.6. The first-order valence-corrected chi connectivity index (χ1v) is 5.79. The molecule has 1 aliphatic heterocycles. The van der Waals surface area contributed by atoms with Gasteiger partial charge in [-0.2, -0.15) is 0 Å². The van der Waals surface area contributed by atoms with Gasteiger partial charge in [0, 0.05) is 24.5 Å². The number of rotatable bonds is 2. The number of anilines is 1. The molecule has 2 rings (SSSR count). The molecule has 0 bridgehead atoms. The molecule has 2 unspecified atom stereocenters. The molecule has 19 heavy (non-hydrogen) atoms. The van der Waals surface area contributed by atoms with Crippen LogP contribution in [-0.2, 0) is 0 Å². The Bertz CT molecular complexity index is 418. The number of carbonyl (C=O) groups excluding carboxylic acids is 1. The minimum Gasteiger partial charge on any atom is -0.382 e. The number of aromatic nitrogens is 2. The standard InChI is InChI=1S/C11H17N5O.2ClH/c1-7-8(3-2-4-13-7)16-11(17)9-10(12)15-6-5-14-9;;/h5-8,13H,2-4H2,1H3,(H2,12,15)(H,16,17);2*1H. The summed E-state index contributed by atoms with van der Waals surface area (Å²) in [7, 11) is 0. The summed E-state index contributed by atoms with van der Waals surface area (Å²) in [5.74, 6) is -0.0856. The first-order valence-electron chi connectivity index (χ1n) is 5.79. The highest BCUT2D eigenvalue weighted by atomic mass is 35.5. The average Bonchev–Trinajstić information content (AvgIpc) is 2.32. The normalized spacial score (nSPS) is 21.7. The number of hydrogen-bond acceptors (Lipinski definition) is 5. The van der Waals surface area contributed by atoms with Gasteiger partial charge in [0.1, 0.15) is 0 Å². The molecule has 2 heterocycles. The molecule has 1 aromatic rings. The molecule has 0 radical (unpaired) electrons. The van der Waals surface area contributed by atoms with Crippen molar-refractivity contribution in [2.45, 2.75) is 31.8 Å². The van der Waals surface area contributed by atoms with Crippen LogP contribution < -0.4 is 16.4 Å². The van der Waals surface area contributed by atoms with Gasteiger partial charge in [0.15, 0.2) is 11.5 Å². The largest absolute Gasteiger partial charge is 0.382 e. The molecule has 4 N–H and O–H groups in total. The van der Waals surface area contributed by atoms with Gasteiger partial charge in [0.05, 0.1) is 0 Å². The number of nitrogen functional groups attached to an aromatic ring is 1. The van der Waals surface area contributed by atoms with Crippen molar-refractivity contribution in [1.29, 1.82) is 0 Å². The Balaban J connectivity index is 0.00000162. The predicted molar refractivity (Wildman–Crippen MR) is 78.9 cm³/mol. The van der Waals surface area contributed by atoms with E-state index in [1.54, 1.807) is 0 Å². The second-order valence-corrected chi connectivity index (χ2v) is 4.26. The van der Waals surface area contributed by atoms with E-state index in [4.69, 9.17) is 5.73 Å². The fourth-order valence-corrected chi connectivity index (χ4v) is 2.00. The van der Waals surface area contributed by atoms with Crippen LogP contribution in [0, 0.1) is 0 Å². The van der Waals surface area contributed by atoms with Crippen molar-refractivity contribution in [3.05, 3.63) is 18.1 Å². The number of nitrogens with zero attached hydrogens (tertiary/aromatic N) is 2. The van der Waals surface area contributed by atoms with Crippen LogP contribution in [0.5, 0.6) is 0 Å². The molecule has 0 aliphatic carbocycles. The molecule has 1 saturated heterocycles. The Hall–Kier alpha value is -1.11. The summed E-state index contributed by atoms with van der Waals surface area (Å²) >= 11 is 0. The Morgan fingerprint density at radius 3 is 2.74 bits per heavy atom. The van der Waals surface area contributed by atoms with Crippen LogP contribution in [0.2, 0.25) is 0 Å². The van der Waals surface area contributed by atoms with E-state index in [1.165, 1.54) is 12.4 Å². The van der Waals surface area contributed by atoms with E-state index < -0.39 is 0 Å². The molecule has 0 aromatic carbocycles. The summed E-state index contributed by atoms with van der Waals surface area (Å²) in [5.41, 5.74) is 5.81. The van der Waals surface area contributed by atoms with Gasteiger partial charge in [-0.05, 0) is 26.3 Å². The van der Waals surface area contributed by atoms with Crippen LogP contribution in [0.4, 0.5) is 5.82 Å². The number of nitrogens with one attached hydrogen (secondary N) is 2. The summed E-state index contributed by atoms with van der Waals surface area (Å²) in [6.45, 7) is 3.06. The van der Waals surface area contributed by atoms with Crippen LogP contribution in [0.3, 0.4) is 0 Å². The van der Waals surface area contributed by atoms with Crippen LogP contribution in [0.15, 0.2) is 12.4 Å². The van der Waals surface area contributed by atoms with Crippen molar-refractivity contribution in [3.8, 4) is 0 Å². The van der Waals surface area contributed by atoms with Crippen LogP contribution in [0.25, 0.3) is 0 Å². The van der Waals surface area contributed by atoms with Gasteiger partial charge in [-0.3, -0.25) is 4.79 Å². The molecule has 6 nitrogen and oxygen atoms in total. The SMILES string of the molecule is CC1NCCCC1NC(=O)c1nccnc1N.Cl.Cl. The molecular formula is C11H19Cl2N5O. The summed E-state index contributed by atoms with van der Waals surface area (Å²) in [6.07, 6.45) is 4.97. The van der Waals surface area contributed by atoms with E-state index in [9.17, 15) is 4.79 Å². The van der Waals surface area contributed by atoms with Gasteiger partial charge < -0.3 is 16.4 Å². The second-order valence-electron chi connectivity index (χ2n) is 4.26. The molecule has 1 aromatic heterocycles. The number of hydrogen-bond donors (Lipinski definition) is 3. The number of nitrogens with two attached hydrogens (primary N) is 1. The minimum atomic E-state index is -0.254. The van der Waals surface area contributed by atoms with Crippen molar-refractivity contribution < 1.29 is 4.79 Å². The molecule has 108 valence electrons. The summed E-state index contributed by atoms with van der Waals surface area (Å²) in [5, 5.41) is 6.26. The minimum absolute atomic E-state index is 0. The Labute approximate surface area is 124 Å². The molecule has 1 amide bonds. The van der Waals surface area contributed by atoms with Crippen molar-refractivity contribution in [1.82, 2.24) is 20.6 Å². The highest BCUT2D eigenvalue weighted by Gasteiger charge is 2.24. The molecule has 2 atom stereocenters. The van der Waals surface area contributed by atoms with Crippen molar-refractivity contribution in [2.75, 3.05) is 12.3 Å². The third-order valence-corrected chi connectivity index (χ3v) is 3.02. The van der Waals surface area contributed by atoms with E-state index in [0.29, 0.717) is 0 Å². The first-order chi connectivity index (χ1) is 8.18. The zero-order valence-corrected chi connectivity index (χ0v) is 12.3. The number of amides is 1. The quantitative estimate of drug-likeness (QED) is 0.750. The highest BCUT2D eigenvalue weighted by molar-refractivity contribution is 5.96. The number of piperidine rings is 1. The smallest absolute Gasteiger partial charge is 0.273 e. The zero-order chi connectivity index (χ0) is 12.3. The Morgan fingerprint density at radius 1 is 1.42 bits per heavy atom. The molecule has 0 spiro atoms. The lowest BCUT2D eigenvalue weighted by Crippen LogP contribution is -2.52. The van der Waals surface area contributed by atoms with Gasteiger partial charge >= 0.3 is 0 Å². The van der Waals surface area contributed by atoms with Crippen molar-refractivity contribution in [3.63, 3.8) is 0 Å². The fourth-order valence-electron chi connectivity index (χ4n) is 2.00. The van der Waals surface area contributed by atoms with Gasteiger partial charge in [0.2, 0.25) is 0 Å². The molecule has 8 heteroatoms.